The van der Waals surface area contributed by atoms with Crippen LogP contribution in [0.15, 0.2) is 12.1 Å². The summed E-state index contributed by atoms with van der Waals surface area (Å²) in [6.07, 6.45) is 5.75. The highest BCUT2D eigenvalue weighted by atomic mass is 16.5. The molecule has 1 heterocycles. The van der Waals surface area contributed by atoms with Crippen molar-refractivity contribution in [3.8, 4) is 11.5 Å². The maximum atomic E-state index is 9.22. The lowest BCUT2D eigenvalue weighted by atomic mass is 9.86. The highest BCUT2D eigenvalue weighted by Gasteiger charge is 2.25. The van der Waals surface area contributed by atoms with E-state index in [4.69, 9.17) is 9.47 Å². The van der Waals surface area contributed by atoms with E-state index in [2.05, 4.69) is 24.4 Å². The van der Waals surface area contributed by atoms with Crippen LogP contribution in [0.2, 0.25) is 0 Å². The molecule has 1 aromatic carbocycles. The van der Waals surface area contributed by atoms with Gasteiger partial charge in [0.05, 0.1) is 7.11 Å². The van der Waals surface area contributed by atoms with Gasteiger partial charge in [-0.1, -0.05) is 0 Å². The van der Waals surface area contributed by atoms with Crippen LogP contribution in [0, 0.1) is 5.92 Å². The van der Waals surface area contributed by atoms with E-state index >= 15 is 0 Å². The van der Waals surface area contributed by atoms with Gasteiger partial charge in [0, 0.05) is 36.7 Å². The molecule has 1 unspecified atom stereocenters. The first-order valence-corrected chi connectivity index (χ1v) is 8.40. The summed E-state index contributed by atoms with van der Waals surface area (Å²) >= 11 is 0. The summed E-state index contributed by atoms with van der Waals surface area (Å²) in [4.78, 5) is 0. The highest BCUT2D eigenvalue weighted by molar-refractivity contribution is 5.49. The Bertz CT molecular complexity index is 509. The zero-order valence-corrected chi connectivity index (χ0v) is 13.6. The van der Waals surface area contributed by atoms with E-state index in [1.54, 1.807) is 7.11 Å². The second-order valence-corrected chi connectivity index (χ2v) is 6.69. The number of aliphatic hydroxyl groups is 1. The predicted molar refractivity (Wildman–Crippen MR) is 86.5 cm³/mol. The Morgan fingerprint density at radius 1 is 1.27 bits per heavy atom. The Kier molecular flexibility index (Phi) is 4.89. The maximum absolute atomic E-state index is 9.22. The summed E-state index contributed by atoms with van der Waals surface area (Å²) in [5, 5.41) is 12.9. The summed E-state index contributed by atoms with van der Waals surface area (Å²) in [6, 6.07) is 4.72. The minimum atomic E-state index is 0.251. The van der Waals surface area contributed by atoms with Crippen molar-refractivity contribution in [1.82, 2.24) is 5.32 Å². The monoisotopic (exact) mass is 305 g/mol. The molecule has 0 amide bonds. The lowest BCUT2D eigenvalue weighted by Crippen LogP contribution is -2.33. The average Bonchev–Trinajstić information content (AvgIpc) is 2.93. The van der Waals surface area contributed by atoms with Crippen molar-refractivity contribution in [2.24, 2.45) is 5.92 Å². The normalized spacial score (nSPS) is 27.3. The molecule has 2 aliphatic rings. The number of aliphatic hydroxyl groups excluding tert-OH is 1. The number of benzene rings is 1. The van der Waals surface area contributed by atoms with Crippen molar-refractivity contribution in [2.45, 2.75) is 57.7 Å². The number of hydrogen-bond acceptors (Lipinski definition) is 4. The number of nitrogens with one attached hydrogen (secondary N) is 1. The molecule has 1 saturated carbocycles. The van der Waals surface area contributed by atoms with Crippen LogP contribution in [0.4, 0.5) is 0 Å². The number of fused-ring (bicyclic) bond motifs is 1. The van der Waals surface area contributed by atoms with E-state index in [9.17, 15) is 5.11 Å². The summed E-state index contributed by atoms with van der Waals surface area (Å²) < 4.78 is 11.4. The average molecular weight is 305 g/mol. The van der Waals surface area contributed by atoms with Crippen LogP contribution >= 0.6 is 0 Å². The number of hydrogen-bond donors (Lipinski definition) is 2. The van der Waals surface area contributed by atoms with E-state index < -0.39 is 0 Å². The molecule has 122 valence electrons. The molecular weight excluding hydrogens is 278 g/mol. The van der Waals surface area contributed by atoms with Gasteiger partial charge in [0.1, 0.15) is 17.6 Å². The van der Waals surface area contributed by atoms with Crippen molar-refractivity contribution in [3.05, 3.63) is 23.3 Å². The zero-order valence-electron chi connectivity index (χ0n) is 13.6. The SMILES string of the molecule is COc1cc(CNC2CCC(CO)CC2)c2c(c1)CC(C)O2. The van der Waals surface area contributed by atoms with Crippen LogP contribution in [0.5, 0.6) is 11.5 Å². The van der Waals surface area contributed by atoms with Crippen LogP contribution in [0.1, 0.15) is 43.7 Å². The van der Waals surface area contributed by atoms with Gasteiger partial charge in [0.15, 0.2) is 0 Å². The number of methoxy groups -OCH3 is 1. The smallest absolute Gasteiger partial charge is 0.127 e. The largest absolute Gasteiger partial charge is 0.497 e. The first-order chi connectivity index (χ1) is 10.7. The fourth-order valence-corrected chi connectivity index (χ4v) is 3.63. The second-order valence-electron chi connectivity index (χ2n) is 6.69. The van der Waals surface area contributed by atoms with Crippen molar-refractivity contribution < 1.29 is 14.6 Å². The molecule has 1 fully saturated rings. The van der Waals surface area contributed by atoms with Crippen LogP contribution in [-0.4, -0.2) is 31.0 Å². The van der Waals surface area contributed by atoms with E-state index in [1.807, 2.05) is 0 Å². The molecule has 0 radical (unpaired) electrons. The highest BCUT2D eigenvalue weighted by Crippen LogP contribution is 2.36. The fraction of sp³-hybridized carbons (Fsp3) is 0.667. The lowest BCUT2D eigenvalue weighted by molar-refractivity contribution is 0.175. The van der Waals surface area contributed by atoms with Crippen molar-refractivity contribution in [1.29, 1.82) is 0 Å². The zero-order chi connectivity index (χ0) is 15.5. The Hall–Kier alpha value is -1.26. The molecule has 1 aliphatic carbocycles. The van der Waals surface area contributed by atoms with Gasteiger partial charge in [-0.25, -0.2) is 0 Å². The topological polar surface area (TPSA) is 50.7 Å². The van der Waals surface area contributed by atoms with Gasteiger partial charge >= 0.3 is 0 Å². The summed E-state index contributed by atoms with van der Waals surface area (Å²) in [7, 11) is 1.72. The third kappa shape index (κ3) is 3.39. The molecule has 0 aromatic heterocycles. The van der Waals surface area contributed by atoms with Gasteiger partial charge in [-0.15, -0.1) is 0 Å². The minimum absolute atomic E-state index is 0.251. The predicted octanol–water partition coefficient (Wildman–Crippen LogP) is 2.66. The minimum Gasteiger partial charge on any atom is -0.497 e. The van der Waals surface area contributed by atoms with Gasteiger partial charge in [0.25, 0.3) is 0 Å². The molecule has 0 bridgehead atoms. The van der Waals surface area contributed by atoms with Crippen LogP contribution in [0.25, 0.3) is 0 Å². The summed E-state index contributed by atoms with van der Waals surface area (Å²) in [6.45, 7) is 3.27. The Labute approximate surface area is 132 Å². The van der Waals surface area contributed by atoms with Gasteiger partial charge in [-0.3, -0.25) is 0 Å². The van der Waals surface area contributed by atoms with Crippen LogP contribution < -0.4 is 14.8 Å². The molecule has 1 aromatic rings. The first-order valence-electron chi connectivity index (χ1n) is 8.40. The third-order valence-corrected chi connectivity index (χ3v) is 4.96. The van der Waals surface area contributed by atoms with E-state index in [1.165, 1.54) is 11.1 Å². The standard InChI is InChI=1S/C18H27NO3/c1-12-7-14-8-17(21-2)9-15(18(14)22-12)10-19-16-5-3-13(11-20)4-6-16/h8-9,12-13,16,19-20H,3-7,10-11H2,1-2H3. The van der Waals surface area contributed by atoms with Crippen LogP contribution in [-0.2, 0) is 13.0 Å². The van der Waals surface area contributed by atoms with Crippen molar-refractivity contribution in [3.63, 3.8) is 0 Å². The van der Waals surface area contributed by atoms with Crippen LogP contribution in [0.3, 0.4) is 0 Å². The molecule has 2 N–H and O–H groups in total. The molecule has 1 atom stereocenters. The molecule has 0 saturated heterocycles. The lowest BCUT2D eigenvalue weighted by Gasteiger charge is -2.28. The van der Waals surface area contributed by atoms with E-state index in [0.29, 0.717) is 18.6 Å². The molecular formula is C18H27NO3. The Balaban J connectivity index is 1.64. The summed E-state index contributed by atoms with van der Waals surface area (Å²) in [5.41, 5.74) is 2.45. The van der Waals surface area contributed by atoms with Gasteiger partial charge < -0.3 is 19.9 Å². The van der Waals surface area contributed by atoms with E-state index in [0.717, 1.165) is 50.1 Å². The van der Waals surface area contributed by atoms with Crippen molar-refractivity contribution in [2.75, 3.05) is 13.7 Å². The maximum Gasteiger partial charge on any atom is 0.127 e. The fourth-order valence-electron chi connectivity index (χ4n) is 3.63. The molecule has 0 spiro atoms. The molecule has 4 nitrogen and oxygen atoms in total. The molecule has 22 heavy (non-hydrogen) atoms. The Morgan fingerprint density at radius 2 is 2.05 bits per heavy atom. The second kappa shape index (κ2) is 6.88. The third-order valence-electron chi connectivity index (χ3n) is 4.96. The quantitative estimate of drug-likeness (QED) is 0.878. The van der Waals surface area contributed by atoms with Gasteiger partial charge in [-0.2, -0.15) is 0 Å². The Morgan fingerprint density at radius 3 is 2.73 bits per heavy atom. The van der Waals surface area contributed by atoms with Gasteiger partial charge in [0.2, 0.25) is 0 Å². The summed E-state index contributed by atoms with van der Waals surface area (Å²) in [5.74, 6) is 2.46. The molecule has 3 rings (SSSR count). The van der Waals surface area contributed by atoms with Crippen molar-refractivity contribution >= 4 is 0 Å². The molecule has 1 aliphatic heterocycles. The first kappa shape index (κ1) is 15.6. The number of rotatable bonds is 5. The number of ether oxygens (including phenoxy) is 2. The van der Waals surface area contributed by atoms with Gasteiger partial charge in [-0.05, 0) is 50.7 Å². The van der Waals surface area contributed by atoms with E-state index in [-0.39, 0.29) is 6.10 Å². The molecule has 4 heteroatoms.